The number of fused-ring (bicyclic) bond motifs is 1. The van der Waals surface area contributed by atoms with E-state index in [-0.39, 0.29) is 5.56 Å². The Labute approximate surface area is 154 Å². The van der Waals surface area contributed by atoms with Gasteiger partial charge >= 0.3 is 5.97 Å². The molecule has 0 radical (unpaired) electrons. The quantitative estimate of drug-likeness (QED) is 0.687. The Bertz CT molecular complexity index is 957. The Morgan fingerprint density at radius 1 is 0.923 bits per heavy atom. The van der Waals surface area contributed by atoms with Crippen LogP contribution in [0.5, 0.6) is 11.5 Å². The highest BCUT2D eigenvalue weighted by atomic mass is 32.1. The van der Waals surface area contributed by atoms with Gasteiger partial charge in [-0.1, -0.05) is 24.3 Å². The molecule has 0 aliphatic heterocycles. The van der Waals surface area contributed by atoms with E-state index in [1.54, 1.807) is 18.2 Å². The van der Waals surface area contributed by atoms with Crippen molar-refractivity contribution in [3.05, 3.63) is 52.9 Å². The smallest absolute Gasteiger partial charge is 0.350 e. The highest BCUT2D eigenvalue weighted by molar-refractivity contribution is 7.21. The molecule has 0 atom stereocenters. The maximum absolute atomic E-state index is 13.0. The normalized spacial score (nSPS) is 10.4. The number of ether oxygens (including phenoxy) is 3. The molecular formula is C19H17NO5S. The Kier molecular flexibility index (Phi) is 5.09. The summed E-state index contributed by atoms with van der Waals surface area (Å²) < 4.78 is 16.3. The Morgan fingerprint density at radius 2 is 1.58 bits per heavy atom. The first-order valence-electron chi connectivity index (χ1n) is 7.72. The van der Waals surface area contributed by atoms with Gasteiger partial charge in [0.05, 0.1) is 27.0 Å². The highest BCUT2D eigenvalue weighted by Crippen LogP contribution is 2.37. The lowest BCUT2D eigenvalue weighted by Gasteiger charge is -2.13. The predicted molar refractivity (Wildman–Crippen MR) is 101 cm³/mol. The predicted octanol–water partition coefficient (Wildman–Crippen LogP) is 3.96. The van der Waals surface area contributed by atoms with Crippen molar-refractivity contribution in [2.24, 2.45) is 0 Å². The third kappa shape index (κ3) is 3.09. The number of amides is 1. The van der Waals surface area contributed by atoms with Gasteiger partial charge in [0, 0.05) is 10.1 Å². The van der Waals surface area contributed by atoms with Crippen LogP contribution in [0.3, 0.4) is 0 Å². The summed E-state index contributed by atoms with van der Waals surface area (Å²) in [5.41, 5.74) is 0.666. The van der Waals surface area contributed by atoms with E-state index in [4.69, 9.17) is 14.2 Å². The molecule has 0 saturated carbocycles. The Balaban J connectivity index is 2.10. The van der Waals surface area contributed by atoms with Gasteiger partial charge in [-0.25, -0.2) is 4.79 Å². The number of thiophene rings is 1. The van der Waals surface area contributed by atoms with Crippen LogP contribution in [0.4, 0.5) is 5.69 Å². The zero-order chi connectivity index (χ0) is 18.7. The second-order valence-corrected chi connectivity index (χ2v) is 6.34. The second kappa shape index (κ2) is 7.45. The monoisotopic (exact) mass is 371 g/mol. The van der Waals surface area contributed by atoms with Crippen molar-refractivity contribution >= 4 is 39.0 Å². The second-order valence-electron chi connectivity index (χ2n) is 5.29. The Hall–Kier alpha value is -3.06. The SMILES string of the molecule is COC(=O)c1sc2ccccc2c1NC(=O)c1c(OC)cccc1OC. The number of esters is 1. The number of nitrogens with one attached hydrogen (secondary N) is 1. The molecule has 0 unspecified atom stereocenters. The van der Waals surface area contributed by atoms with E-state index in [0.29, 0.717) is 22.1 Å². The Morgan fingerprint density at radius 3 is 2.19 bits per heavy atom. The minimum absolute atomic E-state index is 0.253. The molecule has 26 heavy (non-hydrogen) atoms. The van der Waals surface area contributed by atoms with Gasteiger partial charge in [-0.3, -0.25) is 4.79 Å². The molecule has 1 aromatic heterocycles. The fourth-order valence-corrected chi connectivity index (χ4v) is 3.73. The molecule has 3 rings (SSSR count). The number of rotatable bonds is 5. The minimum Gasteiger partial charge on any atom is -0.496 e. The van der Waals surface area contributed by atoms with Crippen LogP contribution in [0.25, 0.3) is 10.1 Å². The summed E-state index contributed by atoms with van der Waals surface area (Å²) in [5.74, 6) is -0.191. The number of hydrogen-bond acceptors (Lipinski definition) is 6. The van der Waals surface area contributed by atoms with Crippen molar-refractivity contribution in [2.75, 3.05) is 26.6 Å². The highest BCUT2D eigenvalue weighted by Gasteiger charge is 2.24. The molecule has 3 aromatic rings. The van der Waals surface area contributed by atoms with Crippen molar-refractivity contribution in [1.82, 2.24) is 0 Å². The molecule has 6 nitrogen and oxygen atoms in total. The van der Waals surface area contributed by atoms with Crippen molar-refractivity contribution in [3.8, 4) is 11.5 Å². The standard InChI is InChI=1S/C19H17NO5S/c1-23-12-8-6-9-13(24-2)15(12)18(21)20-16-11-7-4-5-10-14(11)26-17(16)19(22)25-3/h4-10H,1-3H3,(H,20,21). The van der Waals surface area contributed by atoms with Gasteiger partial charge in [-0.2, -0.15) is 0 Å². The number of carbonyl (C=O) groups is 2. The summed E-state index contributed by atoms with van der Waals surface area (Å²) in [6, 6.07) is 12.5. The summed E-state index contributed by atoms with van der Waals surface area (Å²) in [5, 5.41) is 3.59. The molecule has 1 heterocycles. The number of anilines is 1. The van der Waals surface area contributed by atoms with E-state index in [1.165, 1.54) is 32.7 Å². The molecule has 0 aliphatic carbocycles. The van der Waals surface area contributed by atoms with Crippen molar-refractivity contribution in [2.45, 2.75) is 0 Å². The van der Waals surface area contributed by atoms with E-state index in [9.17, 15) is 9.59 Å². The topological polar surface area (TPSA) is 73.9 Å². The van der Waals surface area contributed by atoms with Crippen LogP contribution in [0, 0.1) is 0 Å². The zero-order valence-electron chi connectivity index (χ0n) is 14.5. The first-order chi connectivity index (χ1) is 12.6. The third-order valence-electron chi connectivity index (χ3n) is 3.86. The van der Waals surface area contributed by atoms with Gasteiger partial charge in [-0.05, 0) is 18.2 Å². The average molecular weight is 371 g/mol. The van der Waals surface area contributed by atoms with Gasteiger partial charge in [0.2, 0.25) is 0 Å². The molecule has 0 aliphatic rings. The van der Waals surface area contributed by atoms with E-state index >= 15 is 0 Å². The molecule has 2 aromatic carbocycles. The van der Waals surface area contributed by atoms with Crippen LogP contribution in [-0.4, -0.2) is 33.2 Å². The largest absolute Gasteiger partial charge is 0.496 e. The minimum atomic E-state index is -0.506. The van der Waals surface area contributed by atoms with Crippen LogP contribution in [0.1, 0.15) is 20.0 Å². The molecule has 0 fully saturated rings. The van der Waals surface area contributed by atoms with E-state index in [2.05, 4.69) is 5.32 Å². The van der Waals surface area contributed by atoms with Gasteiger partial charge < -0.3 is 19.5 Å². The number of hydrogen-bond donors (Lipinski definition) is 1. The number of carbonyl (C=O) groups excluding carboxylic acids is 2. The maximum Gasteiger partial charge on any atom is 0.350 e. The van der Waals surface area contributed by atoms with Gasteiger partial charge in [0.15, 0.2) is 0 Å². The lowest BCUT2D eigenvalue weighted by Crippen LogP contribution is -2.16. The van der Waals surface area contributed by atoms with E-state index in [0.717, 1.165) is 10.1 Å². The lowest BCUT2D eigenvalue weighted by atomic mass is 10.1. The van der Waals surface area contributed by atoms with Crippen LogP contribution in [0.2, 0.25) is 0 Å². The molecule has 134 valence electrons. The average Bonchev–Trinajstić information content (AvgIpc) is 3.05. The third-order valence-corrected chi connectivity index (χ3v) is 5.01. The van der Waals surface area contributed by atoms with Gasteiger partial charge in [0.25, 0.3) is 5.91 Å². The summed E-state index contributed by atoms with van der Waals surface area (Å²) in [6.07, 6.45) is 0. The summed E-state index contributed by atoms with van der Waals surface area (Å²) in [6.45, 7) is 0. The van der Waals surface area contributed by atoms with Crippen molar-refractivity contribution in [3.63, 3.8) is 0 Å². The van der Waals surface area contributed by atoms with Crippen LogP contribution >= 0.6 is 11.3 Å². The number of benzene rings is 2. The summed E-state index contributed by atoms with van der Waals surface area (Å²) in [7, 11) is 4.26. The molecule has 0 spiro atoms. The van der Waals surface area contributed by atoms with Crippen LogP contribution in [-0.2, 0) is 4.74 Å². The van der Waals surface area contributed by atoms with Crippen LogP contribution < -0.4 is 14.8 Å². The number of methoxy groups -OCH3 is 3. The molecule has 0 saturated heterocycles. The van der Waals surface area contributed by atoms with Gasteiger partial charge in [0.1, 0.15) is 21.9 Å². The van der Waals surface area contributed by atoms with Crippen molar-refractivity contribution in [1.29, 1.82) is 0 Å². The molecule has 1 N–H and O–H groups in total. The molecule has 0 bridgehead atoms. The summed E-state index contributed by atoms with van der Waals surface area (Å²) >= 11 is 1.26. The molecule has 1 amide bonds. The first kappa shape index (κ1) is 17.8. The van der Waals surface area contributed by atoms with Gasteiger partial charge in [-0.15, -0.1) is 11.3 Å². The zero-order valence-corrected chi connectivity index (χ0v) is 15.3. The van der Waals surface area contributed by atoms with Crippen molar-refractivity contribution < 1.29 is 23.8 Å². The first-order valence-corrected chi connectivity index (χ1v) is 8.54. The fraction of sp³-hybridized carbons (Fsp3) is 0.158. The summed E-state index contributed by atoms with van der Waals surface area (Å²) in [4.78, 5) is 25.4. The molecular weight excluding hydrogens is 354 g/mol. The van der Waals surface area contributed by atoms with Crippen LogP contribution in [0.15, 0.2) is 42.5 Å². The maximum atomic E-state index is 13.0. The van der Waals surface area contributed by atoms with E-state index < -0.39 is 11.9 Å². The molecule has 7 heteroatoms. The van der Waals surface area contributed by atoms with E-state index in [1.807, 2.05) is 24.3 Å². The fourth-order valence-electron chi connectivity index (χ4n) is 2.66. The lowest BCUT2D eigenvalue weighted by molar-refractivity contribution is 0.0607.